The molecule has 20 heavy (non-hydrogen) atoms. The van der Waals surface area contributed by atoms with E-state index in [2.05, 4.69) is 0 Å². The van der Waals surface area contributed by atoms with Crippen molar-refractivity contribution in [3.63, 3.8) is 0 Å². The Hall–Kier alpha value is -2.84. The molecule has 0 aliphatic rings. The first-order valence-electron chi connectivity index (χ1n) is 5.05. The van der Waals surface area contributed by atoms with Crippen molar-refractivity contribution in [3.8, 4) is 5.69 Å². The van der Waals surface area contributed by atoms with Crippen LogP contribution < -0.4 is 11.2 Å². The monoisotopic (exact) mass is 286 g/mol. The minimum Gasteiger partial charge on any atom is -0.477 e. The van der Waals surface area contributed by atoms with Gasteiger partial charge < -0.3 is 5.11 Å². The molecule has 2 aromatic rings. The summed E-state index contributed by atoms with van der Waals surface area (Å²) in [6.07, 6.45) is 0.527. The molecule has 9 heteroatoms. The van der Waals surface area contributed by atoms with Crippen LogP contribution in [0.15, 0.2) is 27.9 Å². The highest BCUT2D eigenvalue weighted by Crippen LogP contribution is 2.16. The van der Waals surface area contributed by atoms with Crippen molar-refractivity contribution in [2.75, 3.05) is 0 Å². The zero-order valence-electron chi connectivity index (χ0n) is 9.49. The van der Waals surface area contributed by atoms with Crippen molar-refractivity contribution >= 4 is 5.97 Å². The highest BCUT2D eigenvalue weighted by atomic mass is 19.2. The number of carboxylic acids is 1. The van der Waals surface area contributed by atoms with Crippen LogP contribution in [0.4, 0.5) is 13.2 Å². The lowest BCUT2D eigenvalue weighted by molar-refractivity contribution is 0.0694. The summed E-state index contributed by atoms with van der Waals surface area (Å²) in [4.78, 5) is 35.1. The number of carbonyl (C=O) groups is 1. The van der Waals surface area contributed by atoms with E-state index in [1.54, 1.807) is 4.98 Å². The van der Waals surface area contributed by atoms with Crippen LogP contribution in [0.25, 0.3) is 5.69 Å². The average molecular weight is 286 g/mol. The van der Waals surface area contributed by atoms with Gasteiger partial charge in [0, 0.05) is 18.3 Å². The van der Waals surface area contributed by atoms with Crippen LogP contribution in [-0.4, -0.2) is 20.6 Å². The van der Waals surface area contributed by atoms with E-state index in [1.165, 1.54) is 0 Å². The fraction of sp³-hybridized carbons (Fsp3) is 0. The predicted octanol–water partition coefficient (Wildman–Crippen LogP) is 0.641. The third-order valence-electron chi connectivity index (χ3n) is 2.42. The van der Waals surface area contributed by atoms with Gasteiger partial charge in [-0.3, -0.25) is 14.3 Å². The van der Waals surface area contributed by atoms with E-state index in [4.69, 9.17) is 5.11 Å². The lowest BCUT2D eigenvalue weighted by atomic mass is 10.2. The van der Waals surface area contributed by atoms with Gasteiger partial charge in [0.1, 0.15) is 11.4 Å². The van der Waals surface area contributed by atoms with Gasteiger partial charge in [-0.05, 0) is 0 Å². The number of rotatable bonds is 2. The molecular weight excluding hydrogens is 281 g/mol. The Morgan fingerprint density at radius 1 is 1.10 bits per heavy atom. The standard InChI is InChI=1S/C11H5F3N2O4/c12-5-1-7(14)8(2-6(5)13)16-3-4(10(18)19)9(17)15-11(16)20/h1-3H,(H,18,19)(H,15,17,20). The zero-order valence-corrected chi connectivity index (χ0v) is 9.49. The molecule has 104 valence electrons. The smallest absolute Gasteiger partial charge is 0.342 e. The lowest BCUT2D eigenvalue weighted by Crippen LogP contribution is -2.32. The van der Waals surface area contributed by atoms with E-state index >= 15 is 0 Å². The van der Waals surface area contributed by atoms with Gasteiger partial charge in [-0.25, -0.2) is 22.8 Å². The Kier molecular flexibility index (Phi) is 3.18. The van der Waals surface area contributed by atoms with E-state index in [0.717, 1.165) is 0 Å². The van der Waals surface area contributed by atoms with Gasteiger partial charge >= 0.3 is 11.7 Å². The molecule has 0 fully saturated rings. The van der Waals surface area contributed by atoms with Gasteiger partial charge in [0.15, 0.2) is 11.6 Å². The molecule has 0 atom stereocenters. The van der Waals surface area contributed by atoms with Crippen LogP contribution in [-0.2, 0) is 0 Å². The maximum absolute atomic E-state index is 13.5. The highest BCUT2D eigenvalue weighted by Gasteiger charge is 2.16. The molecule has 0 saturated carbocycles. The van der Waals surface area contributed by atoms with Crippen molar-refractivity contribution in [2.45, 2.75) is 0 Å². The average Bonchev–Trinajstić information content (AvgIpc) is 2.34. The van der Waals surface area contributed by atoms with Crippen LogP contribution in [0, 0.1) is 17.5 Å². The van der Waals surface area contributed by atoms with E-state index < -0.39 is 45.9 Å². The summed E-state index contributed by atoms with van der Waals surface area (Å²) in [7, 11) is 0. The first kappa shape index (κ1) is 13.6. The van der Waals surface area contributed by atoms with Gasteiger partial charge in [0.05, 0.1) is 5.69 Å². The van der Waals surface area contributed by atoms with Gasteiger partial charge in [-0.1, -0.05) is 0 Å². The number of nitrogens with zero attached hydrogens (tertiary/aromatic N) is 1. The van der Waals surface area contributed by atoms with Crippen LogP contribution in [0.5, 0.6) is 0 Å². The number of hydrogen-bond donors (Lipinski definition) is 2. The van der Waals surface area contributed by atoms with Crippen molar-refractivity contribution in [1.82, 2.24) is 9.55 Å². The second kappa shape index (κ2) is 4.68. The number of aromatic amines is 1. The Balaban J connectivity index is 2.80. The molecule has 0 aliphatic heterocycles. The minimum atomic E-state index is -1.66. The second-order valence-corrected chi connectivity index (χ2v) is 3.69. The van der Waals surface area contributed by atoms with Crippen LogP contribution in [0.3, 0.4) is 0 Å². The van der Waals surface area contributed by atoms with Crippen molar-refractivity contribution < 1.29 is 23.1 Å². The van der Waals surface area contributed by atoms with Gasteiger partial charge in [0.25, 0.3) is 5.56 Å². The normalized spacial score (nSPS) is 10.6. The first-order chi connectivity index (χ1) is 9.31. The number of aromatic carboxylic acids is 1. The fourth-order valence-corrected chi connectivity index (χ4v) is 1.50. The number of H-pyrrole nitrogens is 1. The molecule has 0 unspecified atom stereocenters. The number of aromatic nitrogens is 2. The van der Waals surface area contributed by atoms with Crippen LogP contribution in [0.2, 0.25) is 0 Å². The number of halogens is 3. The van der Waals surface area contributed by atoms with E-state index in [1.807, 2.05) is 0 Å². The topological polar surface area (TPSA) is 92.2 Å². The molecule has 2 rings (SSSR count). The molecule has 2 N–H and O–H groups in total. The highest BCUT2D eigenvalue weighted by molar-refractivity contribution is 5.86. The Labute approximate surface area is 107 Å². The summed E-state index contributed by atoms with van der Waals surface area (Å²) in [6, 6.07) is 0.568. The molecule has 1 heterocycles. The third-order valence-corrected chi connectivity index (χ3v) is 2.42. The van der Waals surface area contributed by atoms with Gasteiger partial charge in [-0.15, -0.1) is 0 Å². The molecule has 0 saturated heterocycles. The van der Waals surface area contributed by atoms with Gasteiger partial charge in [0.2, 0.25) is 0 Å². The summed E-state index contributed by atoms with van der Waals surface area (Å²) in [5.41, 5.74) is -3.96. The third kappa shape index (κ3) is 2.20. The minimum absolute atomic E-state index is 0.197. The molecular formula is C11H5F3N2O4. The second-order valence-electron chi connectivity index (χ2n) is 3.69. The fourth-order valence-electron chi connectivity index (χ4n) is 1.50. The summed E-state index contributed by atoms with van der Waals surface area (Å²) < 4.78 is 39.8. The van der Waals surface area contributed by atoms with E-state index in [-0.39, 0.29) is 6.07 Å². The summed E-state index contributed by atoms with van der Waals surface area (Å²) in [5, 5.41) is 8.73. The number of nitrogens with one attached hydrogen (secondary N) is 1. The Morgan fingerprint density at radius 3 is 2.30 bits per heavy atom. The predicted molar refractivity (Wildman–Crippen MR) is 59.5 cm³/mol. The number of carboxylic acid groups (broad SMARTS) is 1. The Bertz CT molecular complexity index is 825. The lowest BCUT2D eigenvalue weighted by Gasteiger charge is -2.07. The van der Waals surface area contributed by atoms with Crippen LogP contribution >= 0.6 is 0 Å². The molecule has 1 aromatic carbocycles. The molecule has 0 amide bonds. The van der Waals surface area contributed by atoms with Crippen LogP contribution in [0.1, 0.15) is 10.4 Å². The SMILES string of the molecule is O=C(O)c1cn(-c2cc(F)c(F)cc2F)c(=O)[nH]c1=O. The van der Waals surface area contributed by atoms with E-state index in [9.17, 15) is 27.6 Å². The maximum Gasteiger partial charge on any atom is 0.342 e. The molecule has 0 bridgehead atoms. The summed E-state index contributed by atoms with van der Waals surface area (Å²) >= 11 is 0. The van der Waals surface area contributed by atoms with E-state index in [0.29, 0.717) is 16.8 Å². The maximum atomic E-state index is 13.5. The largest absolute Gasteiger partial charge is 0.477 e. The first-order valence-corrected chi connectivity index (χ1v) is 5.05. The zero-order chi connectivity index (χ0) is 15.0. The molecule has 0 radical (unpaired) electrons. The molecule has 6 nitrogen and oxygen atoms in total. The molecule has 1 aromatic heterocycles. The summed E-state index contributed by atoms with van der Waals surface area (Å²) in [5.74, 6) is -5.86. The van der Waals surface area contributed by atoms with Crippen molar-refractivity contribution in [1.29, 1.82) is 0 Å². The molecule has 0 spiro atoms. The Morgan fingerprint density at radius 2 is 1.70 bits per heavy atom. The quantitative estimate of drug-likeness (QED) is 0.792. The summed E-state index contributed by atoms with van der Waals surface area (Å²) in [6.45, 7) is 0. The van der Waals surface area contributed by atoms with Gasteiger partial charge in [-0.2, -0.15) is 0 Å². The van der Waals surface area contributed by atoms with Crippen molar-refractivity contribution in [3.05, 3.63) is 62.2 Å². The molecule has 0 aliphatic carbocycles. The van der Waals surface area contributed by atoms with Crippen molar-refractivity contribution in [2.24, 2.45) is 0 Å². The number of benzene rings is 1. The number of hydrogen-bond acceptors (Lipinski definition) is 3.